The number of fused-ring (bicyclic) bond motifs is 1. The van der Waals surface area contributed by atoms with E-state index in [0.29, 0.717) is 21.2 Å². The smallest absolute Gasteiger partial charge is 0.346 e. The molecule has 0 bridgehead atoms. The number of carbonyl (C=O) groups is 2. The van der Waals surface area contributed by atoms with Gasteiger partial charge in [-0.25, -0.2) is 9.18 Å². The Kier molecular flexibility index (Phi) is 5.09. The van der Waals surface area contributed by atoms with Crippen LogP contribution < -0.4 is 9.47 Å². The lowest BCUT2D eigenvalue weighted by atomic mass is 10.1. The monoisotopic (exact) mass is 428 g/mol. The largest absolute Gasteiger partial charge is 0.452 e. The summed E-state index contributed by atoms with van der Waals surface area (Å²) >= 11 is 12.1. The van der Waals surface area contributed by atoms with Crippen molar-refractivity contribution >= 4 is 41.0 Å². The third-order valence-electron chi connectivity index (χ3n) is 4.21. The molecule has 0 radical (unpaired) electrons. The minimum Gasteiger partial charge on any atom is -0.452 e. The molecule has 0 fully saturated rings. The average Bonchev–Trinajstić information content (AvgIpc) is 3.00. The van der Waals surface area contributed by atoms with E-state index in [4.69, 9.17) is 32.7 Å². The molecule has 0 N–H and O–H groups in total. The van der Waals surface area contributed by atoms with Crippen molar-refractivity contribution in [3.8, 4) is 11.5 Å². The number of rotatable bonds is 3. The highest BCUT2D eigenvalue weighted by Crippen LogP contribution is 2.36. The Bertz CT molecular complexity index is 1190. The van der Waals surface area contributed by atoms with Crippen molar-refractivity contribution in [1.82, 2.24) is 0 Å². The van der Waals surface area contributed by atoms with Crippen LogP contribution in [0.4, 0.5) is 4.39 Å². The predicted molar refractivity (Wildman–Crippen MR) is 107 cm³/mol. The molecule has 1 aliphatic heterocycles. The van der Waals surface area contributed by atoms with Gasteiger partial charge in [0.15, 0.2) is 5.76 Å². The highest BCUT2D eigenvalue weighted by Gasteiger charge is 2.28. The van der Waals surface area contributed by atoms with Gasteiger partial charge >= 0.3 is 5.97 Å². The van der Waals surface area contributed by atoms with E-state index < -0.39 is 11.8 Å². The fraction of sp³-hybridized carbons (Fsp3) is 0. The van der Waals surface area contributed by atoms with E-state index in [2.05, 4.69) is 0 Å². The summed E-state index contributed by atoms with van der Waals surface area (Å²) < 4.78 is 24.6. The van der Waals surface area contributed by atoms with Crippen LogP contribution in [0.5, 0.6) is 11.5 Å². The van der Waals surface area contributed by atoms with Crippen molar-refractivity contribution in [3.63, 3.8) is 0 Å². The van der Waals surface area contributed by atoms with E-state index in [9.17, 15) is 14.0 Å². The molecule has 1 heterocycles. The van der Waals surface area contributed by atoms with Crippen molar-refractivity contribution < 1.29 is 23.5 Å². The van der Waals surface area contributed by atoms with Gasteiger partial charge in [-0.15, -0.1) is 0 Å². The van der Waals surface area contributed by atoms with E-state index >= 15 is 0 Å². The van der Waals surface area contributed by atoms with Crippen molar-refractivity contribution in [2.24, 2.45) is 0 Å². The van der Waals surface area contributed by atoms with Crippen LogP contribution in [0, 0.1) is 5.82 Å². The van der Waals surface area contributed by atoms with Gasteiger partial charge in [0.2, 0.25) is 5.78 Å². The molecule has 7 heteroatoms. The number of hydrogen-bond donors (Lipinski definition) is 0. The van der Waals surface area contributed by atoms with Crippen molar-refractivity contribution in [2.45, 2.75) is 0 Å². The quantitative estimate of drug-likeness (QED) is 0.293. The molecule has 3 aromatic rings. The maximum atomic E-state index is 13.7. The van der Waals surface area contributed by atoms with Crippen LogP contribution in [0.15, 0.2) is 66.4 Å². The lowest BCUT2D eigenvalue weighted by Gasteiger charge is -2.06. The zero-order chi connectivity index (χ0) is 20.5. The molecule has 0 unspecified atom stereocenters. The third-order valence-corrected chi connectivity index (χ3v) is 5.05. The summed E-state index contributed by atoms with van der Waals surface area (Å²) in [5, 5.41) is 0.653. The number of ketones is 1. The molecule has 4 rings (SSSR count). The molecule has 0 spiro atoms. The fourth-order valence-corrected chi connectivity index (χ4v) is 3.16. The Labute approximate surface area is 175 Å². The van der Waals surface area contributed by atoms with Crippen LogP contribution in [-0.2, 0) is 0 Å². The van der Waals surface area contributed by atoms with Gasteiger partial charge in [-0.05, 0) is 42.0 Å². The van der Waals surface area contributed by atoms with Gasteiger partial charge in [0.05, 0.1) is 21.2 Å². The van der Waals surface area contributed by atoms with Crippen LogP contribution in [0.25, 0.3) is 6.08 Å². The minimum atomic E-state index is -0.853. The first-order valence-corrected chi connectivity index (χ1v) is 9.18. The van der Waals surface area contributed by atoms with Crippen LogP contribution >= 0.6 is 23.2 Å². The Balaban J connectivity index is 1.59. The van der Waals surface area contributed by atoms with Crippen LogP contribution in [0.1, 0.15) is 26.3 Å². The van der Waals surface area contributed by atoms with Gasteiger partial charge in [0.1, 0.15) is 17.3 Å². The van der Waals surface area contributed by atoms with E-state index in [-0.39, 0.29) is 28.6 Å². The molecule has 0 aromatic heterocycles. The van der Waals surface area contributed by atoms with E-state index in [1.165, 1.54) is 48.5 Å². The predicted octanol–water partition coefficient (Wildman–Crippen LogP) is 5.97. The second-order valence-corrected chi connectivity index (χ2v) is 6.90. The molecule has 3 aromatic carbocycles. The topological polar surface area (TPSA) is 52.6 Å². The summed E-state index contributed by atoms with van der Waals surface area (Å²) in [5.74, 6) is -1.49. The SMILES string of the molecule is O=C(Oc1ccc2c(c1)OC(=Cc1cccc(Cl)c1Cl)C2=O)c1ccccc1F. The molecule has 0 atom stereocenters. The van der Waals surface area contributed by atoms with Gasteiger partial charge in [0.25, 0.3) is 0 Å². The summed E-state index contributed by atoms with van der Waals surface area (Å²) in [6.45, 7) is 0. The number of benzene rings is 3. The number of allylic oxidation sites excluding steroid dienone is 1. The zero-order valence-corrected chi connectivity index (χ0v) is 16.1. The molecule has 0 aliphatic carbocycles. The number of carbonyl (C=O) groups excluding carboxylic acids is 2. The van der Waals surface area contributed by atoms with Crippen LogP contribution in [-0.4, -0.2) is 11.8 Å². The first-order chi connectivity index (χ1) is 13.9. The molecule has 0 saturated carbocycles. The molecule has 4 nitrogen and oxygen atoms in total. The normalized spacial score (nSPS) is 13.9. The Morgan fingerprint density at radius 2 is 1.83 bits per heavy atom. The van der Waals surface area contributed by atoms with Crippen molar-refractivity contribution in [1.29, 1.82) is 0 Å². The summed E-state index contributed by atoms with van der Waals surface area (Å²) in [4.78, 5) is 24.7. The standard InChI is InChI=1S/C22H11Cl2FO4/c23-16-6-3-4-12(20(16)24)10-19-21(26)15-9-8-13(11-18(15)29-19)28-22(27)14-5-1-2-7-17(14)25/h1-11H. The molecule has 0 amide bonds. The molecule has 0 saturated heterocycles. The van der Waals surface area contributed by atoms with E-state index in [1.54, 1.807) is 18.2 Å². The first kappa shape index (κ1) is 19.2. The maximum absolute atomic E-state index is 13.7. The van der Waals surface area contributed by atoms with Crippen molar-refractivity contribution in [3.05, 3.63) is 99.0 Å². The number of Topliss-reactive ketones (excluding diaryl/α,β-unsaturated/α-hetero) is 1. The van der Waals surface area contributed by atoms with Gasteiger partial charge in [-0.1, -0.05) is 47.5 Å². The Morgan fingerprint density at radius 1 is 1.03 bits per heavy atom. The summed E-state index contributed by atoms with van der Waals surface area (Å²) in [7, 11) is 0. The summed E-state index contributed by atoms with van der Waals surface area (Å²) in [5.41, 5.74) is 0.641. The molecular formula is C22H11Cl2FO4. The van der Waals surface area contributed by atoms with E-state index in [1.807, 2.05) is 0 Å². The summed E-state index contributed by atoms with van der Waals surface area (Å²) in [6, 6.07) is 14.8. The second kappa shape index (κ2) is 7.70. The van der Waals surface area contributed by atoms with Crippen LogP contribution in [0.3, 0.4) is 0 Å². The Hall–Kier alpha value is -3.15. The molecular weight excluding hydrogens is 418 g/mol. The third kappa shape index (κ3) is 3.75. The highest BCUT2D eigenvalue weighted by molar-refractivity contribution is 6.43. The summed E-state index contributed by atoms with van der Waals surface area (Å²) in [6.07, 6.45) is 1.49. The van der Waals surface area contributed by atoms with Gasteiger partial charge in [-0.2, -0.15) is 0 Å². The number of halogens is 3. The lowest BCUT2D eigenvalue weighted by Crippen LogP contribution is -2.10. The number of ether oxygens (including phenoxy) is 2. The van der Waals surface area contributed by atoms with Gasteiger partial charge < -0.3 is 9.47 Å². The van der Waals surface area contributed by atoms with Crippen molar-refractivity contribution in [2.75, 3.05) is 0 Å². The Morgan fingerprint density at radius 3 is 2.62 bits per heavy atom. The lowest BCUT2D eigenvalue weighted by molar-refractivity contribution is 0.0729. The maximum Gasteiger partial charge on any atom is 0.346 e. The molecule has 29 heavy (non-hydrogen) atoms. The first-order valence-electron chi connectivity index (χ1n) is 8.43. The minimum absolute atomic E-state index is 0.0572. The zero-order valence-electron chi connectivity index (χ0n) is 14.6. The molecule has 1 aliphatic rings. The van der Waals surface area contributed by atoms with Crippen LogP contribution in [0.2, 0.25) is 10.0 Å². The molecule has 144 valence electrons. The van der Waals surface area contributed by atoms with Gasteiger partial charge in [-0.3, -0.25) is 4.79 Å². The van der Waals surface area contributed by atoms with E-state index in [0.717, 1.165) is 0 Å². The fourth-order valence-electron chi connectivity index (χ4n) is 2.79. The van der Waals surface area contributed by atoms with Gasteiger partial charge in [0, 0.05) is 6.07 Å². The highest BCUT2D eigenvalue weighted by atomic mass is 35.5. The number of hydrogen-bond acceptors (Lipinski definition) is 4. The second-order valence-electron chi connectivity index (χ2n) is 6.11. The average molecular weight is 429 g/mol. The number of esters is 1.